The second kappa shape index (κ2) is 8.13. The Balaban J connectivity index is 3.82. The molecule has 0 atom stereocenters. The summed E-state index contributed by atoms with van der Waals surface area (Å²) in [7, 11) is 0. The monoisotopic (exact) mass is 258 g/mol. The number of hydrogen-bond acceptors (Lipinski definition) is 3. The van der Waals surface area contributed by atoms with Crippen LogP contribution in [0.3, 0.4) is 0 Å². The van der Waals surface area contributed by atoms with Gasteiger partial charge in [0.1, 0.15) is 0 Å². The Hall–Kier alpha value is -0.120. The van der Waals surface area contributed by atoms with E-state index >= 15 is 0 Å². The Morgan fingerprint density at radius 3 is 2.17 bits per heavy atom. The third kappa shape index (κ3) is 9.86. The normalized spacial score (nSPS) is 13.3. The number of ether oxygens (including phenoxy) is 1. The van der Waals surface area contributed by atoms with Crippen LogP contribution >= 0.6 is 0 Å². The van der Waals surface area contributed by atoms with Crippen molar-refractivity contribution in [2.24, 2.45) is 0 Å². The van der Waals surface area contributed by atoms with Crippen molar-refractivity contribution in [2.45, 2.75) is 78.5 Å². The zero-order valence-corrected chi connectivity index (χ0v) is 13.5. The highest BCUT2D eigenvalue weighted by Gasteiger charge is 2.21. The van der Waals surface area contributed by atoms with Gasteiger partial charge in [-0.2, -0.15) is 0 Å². The zero-order valence-electron chi connectivity index (χ0n) is 13.5. The number of hydrogen-bond donors (Lipinski definition) is 2. The van der Waals surface area contributed by atoms with Gasteiger partial charge in [-0.1, -0.05) is 20.8 Å². The van der Waals surface area contributed by atoms with Gasteiger partial charge in [0.25, 0.3) is 0 Å². The van der Waals surface area contributed by atoms with Crippen molar-refractivity contribution in [3.8, 4) is 0 Å². The van der Waals surface area contributed by atoms with Crippen LogP contribution in [-0.2, 0) is 4.74 Å². The summed E-state index contributed by atoms with van der Waals surface area (Å²) in [5.41, 5.74) is 0.130. The summed E-state index contributed by atoms with van der Waals surface area (Å²) in [6.45, 7) is 18.1. The van der Waals surface area contributed by atoms with E-state index in [4.69, 9.17) is 4.74 Å². The first kappa shape index (κ1) is 17.9. The molecule has 2 N–H and O–H groups in total. The van der Waals surface area contributed by atoms with Gasteiger partial charge in [-0.15, -0.1) is 0 Å². The van der Waals surface area contributed by atoms with Crippen molar-refractivity contribution in [1.29, 1.82) is 0 Å². The molecule has 0 aliphatic rings. The Bertz CT molecular complexity index is 213. The minimum absolute atomic E-state index is 0.0375. The largest absolute Gasteiger partial charge is 0.375 e. The van der Waals surface area contributed by atoms with Gasteiger partial charge in [0.2, 0.25) is 0 Å². The first-order chi connectivity index (χ1) is 8.18. The first-order valence-corrected chi connectivity index (χ1v) is 7.31. The highest BCUT2D eigenvalue weighted by molar-refractivity contribution is 4.77. The molecule has 0 bridgehead atoms. The predicted octanol–water partition coefficient (Wildman–Crippen LogP) is 2.95. The maximum absolute atomic E-state index is 6.01. The van der Waals surface area contributed by atoms with E-state index in [1.54, 1.807) is 0 Å². The van der Waals surface area contributed by atoms with Crippen molar-refractivity contribution < 1.29 is 4.74 Å². The molecule has 0 unspecified atom stereocenters. The van der Waals surface area contributed by atoms with Crippen LogP contribution in [0.5, 0.6) is 0 Å². The van der Waals surface area contributed by atoms with Crippen molar-refractivity contribution >= 4 is 0 Å². The van der Waals surface area contributed by atoms with E-state index < -0.39 is 0 Å². The second-order valence-corrected chi connectivity index (χ2v) is 6.63. The topological polar surface area (TPSA) is 33.3 Å². The minimum atomic E-state index is -0.0375. The van der Waals surface area contributed by atoms with Crippen LogP contribution < -0.4 is 10.6 Å². The summed E-state index contributed by atoms with van der Waals surface area (Å²) in [5, 5.41) is 6.91. The molecule has 3 heteroatoms. The van der Waals surface area contributed by atoms with E-state index in [0.29, 0.717) is 6.04 Å². The van der Waals surface area contributed by atoms with Gasteiger partial charge < -0.3 is 15.4 Å². The molecule has 0 saturated carbocycles. The average Bonchev–Trinajstić information content (AvgIpc) is 2.15. The second-order valence-electron chi connectivity index (χ2n) is 6.63. The maximum atomic E-state index is 6.01. The molecule has 0 aliphatic carbocycles. The smallest absolute Gasteiger partial charge is 0.0638 e. The lowest BCUT2D eigenvalue weighted by Crippen LogP contribution is -2.41. The summed E-state index contributed by atoms with van der Waals surface area (Å²) >= 11 is 0. The third-order valence-electron chi connectivity index (χ3n) is 3.15. The number of nitrogens with one attached hydrogen (secondary N) is 2. The lowest BCUT2D eigenvalue weighted by atomic mass is 10.0. The third-order valence-corrected chi connectivity index (χ3v) is 3.15. The highest BCUT2D eigenvalue weighted by Crippen LogP contribution is 2.16. The fourth-order valence-corrected chi connectivity index (χ4v) is 1.88. The molecule has 0 aromatic rings. The molecule has 0 heterocycles. The van der Waals surface area contributed by atoms with Gasteiger partial charge in [0, 0.05) is 18.2 Å². The zero-order chi connectivity index (χ0) is 14.2. The van der Waals surface area contributed by atoms with Crippen LogP contribution in [0.15, 0.2) is 0 Å². The molecule has 18 heavy (non-hydrogen) atoms. The van der Waals surface area contributed by atoms with Gasteiger partial charge in [-0.25, -0.2) is 0 Å². The first-order valence-electron chi connectivity index (χ1n) is 7.31. The maximum Gasteiger partial charge on any atom is 0.0638 e. The van der Waals surface area contributed by atoms with E-state index in [-0.39, 0.29) is 11.1 Å². The lowest BCUT2D eigenvalue weighted by Gasteiger charge is -2.30. The molecule has 0 spiro atoms. The van der Waals surface area contributed by atoms with Crippen LogP contribution in [0.25, 0.3) is 0 Å². The standard InChI is InChI=1S/C15H34N2O/c1-8-17-14(4,5)10-12-18-15(6,7)9-11-16-13(2)3/h13,16-17H,8-12H2,1-7H3. The van der Waals surface area contributed by atoms with E-state index in [1.165, 1.54) is 0 Å². The van der Waals surface area contributed by atoms with Gasteiger partial charge in [0.15, 0.2) is 0 Å². The molecule has 0 aliphatic heterocycles. The van der Waals surface area contributed by atoms with Crippen molar-refractivity contribution in [1.82, 2.24) is 10.6 Å². The molecule has 0 fully saturated rings. The fraction of sp³-hybridized carbons (Fsp3) is 1.00. The van der Waals surface area contributed by atoms with Gasteiger partial charge >= 0.3 is 0 Å². The Morgan fingerprint density at radius 1 is 1.06 bits per heavy atom. The quantitative estimate of drug-likeness (QED) is 0.632. The molecule has 0 rings (SSSR count). The Labute approximate surface area is 114 Å². The summed E-state index contributed by atoms with van der Waals surface area (Å²) in [6.07, 6.45) is 2.09. The van der Waals surface area contributed by atoms with Crippen LogP contribution in [0.2, 0.25) is 0 Å². The molecular formula is C15H34N2O. The minimum Gasteiger partial charge on any atom is -0.375 e. The van der Waals surface area contributed by atoms with Crippen LogP contribution in [-0.4, -0.2) is 36.9 Å². The van der Waals surface area contributed by atoms with Crippen LogP contribution in [0.4, 0.5) is 0 Å². The van der Waals surface area contributed by atoms with E-state index in [1.807, 2.05) is 0 Å². The molecule has 0 aromatic carbocycles. The Morgan fingerprint density at radius 2 is 1.67 bits per heavy atom. The summed E-state index contributed by atoms with van der Waals surface area (Å²) in [5.74, 6) is 0. The highest BCUT2D eigenvalue weighted by atomic mass is 16.5. The van der Waals surface area contributed by atoms with E-state index in [9.17, 15) is 0 Å². The average molecular weight is 258 g/mol. The van der Waals surface area contributed by atoms with Crippen LogP contribution in [0, 0.1) is 0 Å². The molecular weight excluding hydrogens is 224 g/mol. The molecule has 110 valence electrons. The lowest BCUT2D eigenvalue weighted by molar-refractivity contribution is -0.0304. The predicted molar refractivity (Wildman–Crippen MR) is 80.2 cm³/mol. The van der Waals surface area contributed by atoms with E-state index in [0.717, 1.165) is 32.5 Å². The van der Waals surface area contributed by atoms with Crippen LogP contribution in [0.1, 0.15) is 61.3 Å². The molecule has 3 nitrogen and oxygen atoms in total. The van der Waals surface area contributed by atoms with Gasteiger partial charge in [0.05, 0.1) is 5.60 Å². The number of rotatable bonds is 10. The van der Waals surface area contributed by atoms with Crippen molar-refractivity contribution in [3.05, 3.63) is 0 Å². The Kier molecular flexibility index (Phi) is 8.08. The molecule has 0 radical (unpaired) electrons. The van der Waals surface area contributed by atoms with Crippen molar-refractivity contribution in [2.75, 3.05) is 19.7 Å². The SMILES string of the molecule is CCNC(C)(C)CCOC(C)(C)CCNC(C)C. The molecule has 0 saturated heterocycles. The van der Waals surface area contributed by atoms with Gasteiger partial charge in [-0.05, 0) is 53.6 Å². The molecule has 0 amide bonds. The fourth-order valence-electron chi connectivity index (χ4n) is 1.88. The van der Waals surface area contributed by atoms with Gasteiger partial charge in [-0.3, -0.25) is 0 Å². The summed E-state index contributed by atoms with van der Waals surface area (Å²) in [4.78, 5) is 0. The molecule has 0 aromatic heterocycles. The van der Waals surface area contributed by atoms with Crippen molar-refractivity contribution in [3.63, 3.8) is 0 Å². The summed E-state index contributed by atoms with van der Waals surface area (Å²) < 4.78 is 6.01. The van der Waals surface area contributed by atoms with E-state index in [2.05, 4.69) is 59.1 Å². The summed E-state index contributed by atoms with van der Waals surface area (Å²) in [6, 6.07) is 0.550.